The molecule has 0 bridgehead atoms. The minimum Gasteiger partial charge on any atom is -0.497 e. The lowest BCUT2D eigenvalue weighted by atomic mass is 10.1. The molecule has 1 unspecified atom stereocenters. The van der Waals surface area contributed by atoms with Crippen molar-refractivity contribution >= 4 is 33.7 Å². The first-order valence-electron chi connectivity index (χ1n) is 9.76. The van der Waals surface area contributed by atoms with E-state index in [1.165, 1.54) is 22.7 Å². The van der Waals surface area contributed by atoms with Gasteiger partial charge in [0.1, 0.15) is 21.7 Å². The molecule has 3 aromatic heterocycles. The van der Waals surface area contributed by atoms with Gasteiger partial charge in [-0.25, -0.2) is 4.98 Å². The largest absolute Gasteiger partial charge is 0.497 e. The highest BCUT2D eigenvalue weighted by atomic mass is 32.1. The summed E-state index contributed by atoms with van der Waals surface area (Å²) in [6.07, 6.45) is 5.72. The highest BCUT2D eigenvalue weighted by Gasteiger charge is 2.24. The van der Waals surface area contributed by atoms with Gasteiger partial charge in [-0.3, -0.25) is 10.1 Å². The summed E-state index contributed by atoms with van der Waals surface area (Å²) in [6.45, 7) is 0.736. The van der Waals surface area contributed by atoms with Crippen LogP contribution in [0.4, 0.5) is 5.13 Å². The van der Waals surface area contributed by atoms with Gasteiger partial charge >= 0.3 is 0 Å². The van der Waals surface area contributed by atoms with E-state index in [1.807, 2.05) is 53.4 Å². The lowest BCUT2D eigenvalue weighted by Gasteiger charge is -2.04. The number of amides is 1. The van der Waals surface area contributed by atoms with Crippen molar-refractivity contribution in [3.8, 4) is 22.1 Å². The Bertz CT molecular complexity index is 1180. The zero-order chi connectivity index (χ0) is 21.2. The minimum atomic E-state index is -0.267. The van der Waals surface area contributed by atoms with Crippen molar-refractivity contribution in [2.45, 2.75) is 18.9 Å². The van der Waals surface area contributed by atoms with Gasteiger partial charge in [0.2, 0.25) is 5.13 Å². The number of ether oxygens (including phenoxy) is 2. The molecule has 4 heterocycles. The van der Waals surface area contributed by atoms with Crippen molar-refractivity contribution < 1.29 is 14.3 Å². The van der Waals surface area contributed by atoms with Crippen LogP contribution in [-0.2, 0) is 4.74 Å². The predicted octanol–water partition coefficient (Wildman–Crippen LogP) is 4.56. The summed E-state index contributed by atoms with van der Waals surface area (Å²) in [5.74, 6) is 0.475. The van der Waals surface area contributed by atoms with Crippen LogP contribution in [0.2, 0.25) is 0 Å². The van der Waals surface area contributed by atoms with Gasteiger partial charge in [-0.05, 0) is 49.2 Å². The Hall–Kier alpha value is -3.08. The summed E-state index contributed by atoms with van der Waals surface area (Å²) in [5.41, 5.74) is 1.44. The molecule has 1 aliphatic heterocycles. The number of aromatic nitrogens is 4. The van der Waals surface area contributed by atoms with Gasteiger partial charge in [-0.1, -0.05) is 22.7 Å². The Morgan fingerprint density at radius 3 is 2.71 bits per heavy atom. The van der Waals surface area contributed by atoms with Crippen molar-refractivity contribution in [3.05, 3.63) is 58.7 Å². The van der Waals surface area contributed by atoms with E-state index < -0.39 is 0 Å². The number of anilines is 1. The molecule has 158 valence electrons. The van der Waals surface area contributed by atoms with Crippen LogP contribution in [0.25, 0.3) is 16.4 Å². The fourth-order valence-corrected chi connectivity index (χ4v) is 5.09. The van der Waals surface area contributed by atoms with Gasteiger partial charge in [-0.2, -0.15) is 0 Å². The van der Waals surface area contributed by atoms with Gasteiger partial charge in [0, 0.05) is 24.6 Å². The maximum absolute atomic E-state index is 13.2. The zero-order valence-electron chi connectivity index (χ0n) is 16.6. The molecule has 1 saturated heterocycles. The quantitative estimate of drug-likeness (QED) is 0.460. The molecule has 0 aliphatic carbocycles. The molecule has 1 aliphatic rings. The lowest BCUT2D eigenvalue weighted by molar-refractivity contribution is 0.103. The van der Waals surface area contributed by atoms with Gasteiger partial charge < -0.3 is 14.0 Å². The summed E-state index contributed by atoms with van der Waals surface area (Å²) in [7, 11) is 1.62. The van der Waals surface area contributed by atoms with Gasteiger partial charge in [0.05, 0.1) is 12.8 Å². The van der Waals surface area contributed by atoms with Crippen LogP contribution in [0.5, 0.6) is 5.75 Å². The summed E-state index contributed by atoms with van der Waals surface area (Å²) >= 11 is 2.67. The maximum Gasteiger partial charge on any atom is 0.269 e. The third kappa shape index (κ3) is 4.09. The first-order chi connectivity index (χ1) is 15.2. The van der Waals surface area contributed by atoms with E-state index in [9.17, 15) is 4.79 Å². The van der Waals surface area contributed by atoms with Crippen molar-refractivity contribution in [3.63, 3.8) is 0 Å². The van der Waals surface area contributed by atoms with Crippen LogP contribution in [0, 0.1) is 0 Å². The Labute approximate surface area is 186 Å². The normalized spacial score (nSPS) is 15.8. The number of nitrogens with one attached hydrogen (secondary N) is 1. The van der Waals surface area contributed by atoms with Gasteiger partial charge in [0.15, 0.2) is 5.13 Å². The monoisotopic (exact) mass is 453 g/mol. The molecular weight excluding hydrogens is 434 g/mol. The van der Waals surface area contributed by atoms with Gasteiger partial charge in [0.25, 0.3) is 5.91 Å². The number of thiazole rings is 1. The Balaban J connectivity index is 1.45. The second kappa shape index (κ2) is 8.58. The van der Waals surface area contributed by atoms with Crippen LogP contribution in [0.15, 0.2) is 48.8 Å². The number of hydrogen-bond acceptors (Lipinski definition) is 8. The summed E-state index contributed by atoms with van der Waals surface area (Å²) in [4.78, 5) is 18.4. The summed E-state index contributed by atoms with van der Waals surface area (Å²) in [5, 5.41) is 13.1. The van der Waals surface area contributed by atoms with E-state index in [-0.39, 0.29) is 12.0 Å². The molecule has 0 saturated carbocycles. The molecule has 5 rings (SSSR count). The van der Waals surface area contributed by atoms with Crippen LogP contribution in [0.3, 0.4) is 0 Å². The number of carbonyl (C=O) groups is 1. The van der Waals surface area contributed by atoms with Crippen LogP contribution >= 0.6 is 22.7 Å². The van der Waals surface area contributed by atoms with Crippen molar-refractivity contribution in [1.29, 1.82) is 0 Å². The molecule has 0 spiro atoms. The van der Waals surface area contributed by atoms with Crippen LogP contribution in [-0.4, -0.2) is 39.4 Å². The van der Waals surface area contributed by atoms with E-state index in [1.54, 1.807) is 7.11 Å². The van der Waals surface area contributed by atoms with Crippen molar-refractivity contribution in [2.24, 2.45) is 0 Å². The third-order valence-corrected chi connectivity index (χ3v) is 6.88. The standard InChI is InChI=1S/C21H19N5O3S2/c1-28-14-8-6-13(7-9-14)16-17(30-21(22-16)26-10-2-3-11-26)18(27)23-20-25-24-19(31-20)15-5-4-12-29-15/h2-3,6-11,15H,4-5,12H2,1H3,(H,23,25,27). The topological polar surface area (TPSA) is 91.2 Å². The number of benzene rings is 1. The number of hydrogen-bond donors (Lipinski definition) is 1. The van der Waals surface area contributed by atoms with Crippen molar-refractivity contribution in [2.75, 3.05) is 19.0 Å². The van der Waals surface area contributed by atoms with E-state index in [2.05, 4.69) is 15.5 Å². The van der Waals surface area contributed by atoms with Crippen LogP contribution < -0.4 is 10.1 Å². The molecule has 0 radical (unpaired) electrons. The predicted molar refractivity (Wildman–Crippen MR) is 119 cm³/mol. The van der Waals surface area contributed by atoms with Gasteiger partial charge in [-0.15, -0.1) is 10.2 Å². The first kappa shape index (κ1) is 19.9. The summed E-state index contributed by atoms with van der Waals surface area (Å²) < 4.78 is 12.8. The molecule has 31 heavy (non-hydrogen) atoms. The molecular formula is C21H19N5O3S2. The Kier molecular flexibility index (Phi) is 5.49. The van der Waals surface area contributed by atoms with Crippen molar-refractivity contribution in [1.82, 2.24) is 19.7 Å². The number of carbonyl (C=O) groups excluding carboxylic acids is 1. The fraction of sp³-hybridized carbons (Fsp3) is 0.238. The first-order valence-corrected chi connectivity index (χ1v) is 11.4. The molecule has 1 fully saturated rings. The second-order valence-electron chi connectivity index (χ2n) is 6.89. The SMILES string of the molecule is COc1ccc(-c2nc(-n3cccc3)sc2C(=O)Nc2nnc(C3CCCO3)s2)cc1. The Morgan fingerprint density at radius 2 is 2.00 bits per heavy atom. The average molecular weight is 454 g/mol. The average Bonchev–Trinajstić information content (AvgIpc) is 3.59. The summed E-state index contributed by atoms with van der Waals surface area (Å²) in [6, 6.07) is 11.3. The molecule has 8 nitrogen and oxygen atoms in total. The third-order valence-electron chi connectivity index (χ3n) is 4.88. The molecule has 10 heteroatoms. The number of methoxy groups -OCH3 is 1. The fourth-order valence-electron chi connectivity index (χ4n) is 3.32. The lowest BCUT2D eigenvalue weighted by Crippen LogP contribution is -2.11. The molecule has 1 N–H and O–H groups in total. The second-order valence-corrected chi connectivity index (χ2v) is 8.88. The smallest absolute Gasteiger partial charge is 0.269 e. The molecule has 1 atom stereocenters. The van der Waals surface area contributed by atoms with E-state index >= 15 is 0 Å². The molecule has 4 aromatic rings. The zero-order valence-corrected chi connectivity index (χ0v) is 18.3. The van der Waals surface area contributed by atoms with E-state index in [0.29, 0.717) is 20.8 Å². The molecule has 1 aromatic carbocycles. The number of nitrogens with zero attached hydrogens (tertiary/aromatic N) is 4. The Morgan fingerprint density at radius 1 is 1.19 bits per heavy atom. The highest BCUT2D eigenvalue weighted by molar-refractivity contribution is 7.17. The minimum absolute atomic E-state index is 0.0261. The molecule has 1 amide bonds. The number of rotatable bonds is 6. The van der Waals surface area contributed by atoms with Crippen LogP contribution in [0.1, 0.15) is 33.6 Å². The highest BCUT2D eigenvalue weighted by Crippen LogP contribution is 2.34. The van der Waals surface area contributed by atoms with E-state index in [0.717, 1.165) is 35.8 Å². The van der Waals surface area contributed by atoms with E-state index in [4.69, 9.17) is 14.5 Å². The maximum atomic E-state index is 13.2.